The van der Waals surface area contributed by atoms with Crippen molar-refractivity contribution in [1.29, 1.82) is 0 Å². The van der Waals surface area contributed by atoms with Gasteiger partial charge in [-0.3, -0.25) is 4.98 Å². The number of aryl methyl sites for hydroxylation is 1. The van der Waals surface area contributed by atoms with E-state index in [1.54, 1.807) is 6.20 Å². The molecule has 0 saturated heterocycles. The fourth-order valence-electron chi connectivity index (χ4n) is 1.42. The number of anilines is 2. The molecule has 0 unspecified atom stereocenters. The molecule has 1 aliphatic heterocycles. The predicted octanol–water partition coefficient (Wildman–Crippen LogP) is 1.02. The molecule has 2 heterocycles. The minimum Gasteiger partial charge on any atom is -0.396 e. The lowest BCUT2D eigenvalue weighted by molar-refractivity contribution is 0.825. The van der Waals surface area contributed by atoms with E-state index < -0.39 is 0 Å². The average Bonchev–Trinajstić information content (AvgIpc) is 2.06. The van der Waals surface area contributed by atoms with E-state index >= 15 is 0 Å². The van der Waals surface area contributed by atoms with E-state index in [9.17, 15) is 0 Å². The average molecular weight is 149 g/mol. The summed E-state index contributed by atoms with van der Waals surface area (Å²) >= 11 is 0. The highest BCUT2D eigenvalue weighted by molar-refractivity contribution is 5.69. The number of rotatable bonds is 0. The maximum absolute atomic E-state index is 5.72. The third kappa shape index (κ3) is 1.02. The van der Waals surface area contributed by atoms with Crippen molar-refractivity contribution in [2.45, 2.75) is 12.8 Å². The van der Waals surface area contributed by atoms with Gasteiger partial charge in [0.05, 0.1) is 17.6 Å². The second kappa shape index (κ2) is 2.42. The van der Waals surface area contributed by atoms with Gasteiger partial charge in [0.15, 0.2) is 0 Å². The molecular weight excluding hydrogens is 138 g/mol. The highest BCUT2D eigenvalue weighted by Crippen LogP contribution is 2.25. The largest absolute Gasteiger partial charge is 0.396 e. The monoisotopic (exact) mass is 149 g/mol. The highest BCUT2D eigenvalue weighted by atomic mass is 14.9. The van der Waals surface area contributed by atoms with Crippen molar-refractivity contribution in [3.05, 3.63) is 18.0 Å². The van der Waals surface area contributed by atoms with Crippen LogP contribution in [0.4, 0.5) is 11.4 Å². The molecule has 0 aliphatic carbocycles. The van der Waals surface area contributed by atoms with E-state index in [4.69, 9.17) is 5.73 Å². The molecule has 3 heteroatoms. The molecule has 0 atom stereocenters. The number of hydrogen-bond donors (Lipinski definition) is 2. The Labute approximate surface area is 65.6 Å². The van der Waals surface area contributed by atoms with Crippen LogP contribution in [0.2, 0.25) is 0 Å². The van der Waals surface area contributed by atoms with Crippen LogP contribution in [0, 0.1) is 0 Å². The maximum atomic E-state index is 5.72. The lowest BCUT2D eigenvalue weighted by Gasteiger charge is -2.18. The Balaban J connectivity index is 2.49. The minimum atomic E-state index is 0.766. The quantitative estimate of drug-likeness (QED) is 0.579. The molecule has 3 N–H and O–H groups in total. The third-order valence-corrected chi connectivity index (χ3v) is 1.98. The first-order chi connectivity index (χ1) is 5.38. The Bertz CT molecular complexity index is 270. The topological polar surface area (TPSA) is 50.9 Å². The second-order valence-corrected chi connectivity index (χ2v) is 2.79. The van der Waals surface area contributed by atoms with Crippen LogP contribution in [0.5, 0.6) is 0 Å². The Morgan fingerprint density at radius 1 is 1.45 bits per heavy atom. The zero-order chi connectivity index (χ0) is 7.68. The van der Waals surface area contributed by atoms with Gasteiger partial charge in [-0.05, 0) is 18.4 Å². The van der Waals surface area contributed by atoms with E-state index in [2.05, 4.69) is 10.3 Å². The molecule has 2 rings (SSSR count). The van der Waals surface area contributed by atoms with Crippen molar-refractivity contribution in [3.63, 3.8) is 0 Å². The summed E-state index contributed by atoms with van der Waals surface area (Å²) in [5, 5.41) is 3.27. The Kier molecular flexibility index (Phi) is 1.42. The van der Waals surface area contributed by atoms with Crippen LogP contribution in [-0.4, -0.2) is 11.5 Å². The first-order valence-corrected chi connectivity index (χ1v) is 3.84. The first-order valence-electron chi connectivity index (χ1n) is 3.84. The van der Waals surface area contributed by atoms with Gasteiger partial charge in [-0.1, -0.05) is 0 Å². The summed E-state index contributed by atoms with van der Waals surface area (Å²) in [6, 6.07) is 0. The van der Waals surface area contributed by atoms with Crippen LogP contribution in [0.3, 0.4) is 0 Å². The SMILES string of the molecule is Nc1cncc2c1NCCC2. The molecular formula is C8H11N3. The highest BCUT2D eigenvalue weighted by Gasteiger charge is 2.10. The summed E-state index contributed by atoms with van der Waals surface area (Å²) in [6.07, 6.45) is 5.85. The number of aromatic nitrogens is 1. The molecule has 11 heavy (non-hydrogen) atoms. The van der Waals surface area contributed by atoms with Crippen LogP contribution in [0.25, 0.3) is 0 Å². The number of hydrogen-bond acceptors (Lipinski definition) is 3. The van der Waals surface area contributed by atoms with Crippen LogP contribution < -0.4 is 11.1 Å². The zero-order valence-electron chi connectivity index (χ0n) is 6.30. The summed E-state index contributed by atoms with van der Waals surface area (Å²) < 4.78 is 0. The van der Waals surface area contributed by atoms with Crippen molar-refractivity contribution >= 4 is 11.4 Å². The van der Waals surface area contributed by atoms with Gasteiger partial charge in [0, 0.05) is 12.7 Å². The van der Waals surface area contributed by atoms with E-state index in [-0.39, 0.29) is 0 Å². The van der Waals surface area contributed by atoms with Crippen molar-refractivity contribution in [2.75, 3.05) is 17.6 Å². The van der Waals surface area contributed by atoms with Gasteiger partial charge in [-0.25, -0.2) is 0 Å². The molecule has 58 valence electrons. The number of nitrogens with one attached hydrogen (secondary N) is 1. The van der Waals surface area contributed by atoms with Gasteiger partial charge >= 0.3 is 0 Å². The van der Waals surface area contributed by atoms with Crippen LogP contribution in [0.15, 0.2) is 12.4 Å². The standard InChI is InChI=1S/C8H11N3/c9-7-5-10-4-6-2-1-3-11-8(6)7/h4-5,11H,1-3,9H2. The summed E-state index contributed by atoms with van der Waals surface area (Å²) in [5.74, 6) is 0. The molecule has 1 aromatic heterocycles. The molecule has 3 nitrogen and oxygen atoms in total. The van der Waals surface area contributed by atoms with Gasteiger partial charge in [0.2, 0.25) is 0 Å². The van der Waals surface area contributed by atoms with E-state index in [1.165, 1.54) is 12.0 Å². The van der Waals surface area contributed by atoms with Crippen molar-refractivity contribution in [2.24, 2.45) is 0 Å². The molecule has 0 amide bonds. The fourth-order valence-corrected chi connectivity index (χ4v) is 1.42. The van der Waals surface area contributed by atoms with Crippen LogP contribution >= 0.6 is 0 Å². The van der Waals surface area contributed by atoms with E-state index in [1.807, 2.05) is 6.20 Å². The van der Waals surface area contributed by atoms with Gasteiger partial charge in [-0.2, -0.15) is 0 Å². The Hall–Kier alpha value is -1.25. The van der Waals surface area contributed by atoms with Gasteiger partial charge < -0.3 is 11.1 Å². The summed E-state index contributed by atoms with van der Waals surface area (Å²) in [5.41, 5.74) is 8.82. The molecule has 0 fully saturated rings. The van der Waals surface area contributed by atoms with E-state index in [0.717, 1.165) is 24.3 Å². The zero-order valence-corrected chi connectivity index (χ0v) is 6.30. The summed E-state index contributed by atoms with van der Waals surface area (Å²) in [4.78, 5) is 4.03. The van der Waals surface area contributed by atoms with Crippen LogP contribution in [0.1, 0.15) is 12.0 Å². The molecule has 1 aliphatic rings. The predicted molar refractivity (Wildman–Crippen MR) is 45.5 cm³/mol. The number of pyridine rings is 1. The van der Waals surface area contributed by atoms with Gasteiger partial charge in [0.1, 0.15) is 0 Å². The maximum Gasteiger partial charge on any atom is 0.0739 e. The van der Waals surface area contributed by atoms with Crippen molar-refractivity contribution in [3.8, 4) is 0 Å². The molecule has 0 bridgehead atoms. The van der Waals surface area contributed by atoms with Gasteiger partial charge in [0.25, 0.3) is 0 Å². The summed E-state index contributed by atoms with van der Waals surface area (Å²) in [7, 11) is 0. The van der Waals surface area contributed by atoms with Crippen molar-refractivity contribution in [1.82, 2.24) is 4.98 Å². The fraction of sp³-hybridized carbons (Fsp3) is 0.375. The second-order valence-electron chi connectivity index (χ2n) is 2.79. The number of nitrogens with two attached hydrogens (primary N) is 1. The molecule has 0 aromatic carbocycles. The van der Waals surface area contributed by atoms with Crippen molar-refractivity contribution < 1.29 is 0 Å². The normalized spacial score (nSPS) is 15.3. The van der Waals surface area contributed by atoms with Crippen LogP contribution in [-0.2, 0) is 6.42 Å². The first kappa shape index (κ1) is 6.46. The lowest BCUT2D eigenvalue weighted by atomic mass is 10.1. The lowest BCUT2D eigenvalue weighted by Crippen LogP contribution is -2.13. The van der Waals surface area contributed by atoms with E-state index in [0.29, 0.717) is 0 Å². The Morgan fingerprint density at radius 3 is 3.18 bits per heavy atom. The molecule has 0 radical (unpaired) electrons. The molecule has 1 aromatic rings. The Morgan fingerprint density at radius 2 is 2.36 bits per heavy atom. The summed E-state index contributed by atoms with van der Waals surface area (Å²) in [6.45, 7) is 1.03. The smallest absolute Gasteiger partial charge is 0.0739 e. The number of nitrogen functional groups attached to an aromatic ring is 1. The third-order valence-electron chi connectivity index (χ3n) is 1.98. The number of nitrogens with zero attached hydrogens (tertiary/aromatic N) is 1. The van der Waals surface area contributed by atoms with Gasteiger partial charge in [-0.15, -0.1) is 0 Å². The number of fused-ring (bicyclic) bond motifs is 1. The molecule has 0 saturated carbocycles. The molecule has 0 spiro atoms. The minimum absolute atomic E-state index is 0.766.